The van der Waals surface area contributed by atoms with Gasteiger partial charge >= 0.3 is 0 Å². The van der Waals surface area contributed by atoms with Gasteiger partial charge in [0.1, 0.15) is 0 Å². The second-order valence-electron chi connectivity index (χ2n) is 3.83. The van der Waals surface area contributed by atoms with Crippen molar-refractivity contribution in [2.75, 3.05) is 12.8 Å². The zero-order chi connectivity index (χ0) is 13.0. The number of nitrogens with two attached hydrogens (primary N) is 1. The third-order valence-corrected chi connectivity index (χ3v) is 3.58. The Morgan fingerprint density at radius 2 is 1.89 bits per heavy atom. The lowest BCUT2D eigenvalue weighted by Gasteiger charge is -2.05. The number of hydrogen-bond acceptors (Lipinski definition) is 3. The summed E-state index contributed by atoms with van der Waals surface area (Å²) in [4.78, 5) is 1.11. The molecule has 4 heteroatoms. The summed E-state index contributed by atoms with van der Waals surface area (Å²) in [6, 6.07) is 12.6. The summed E-state index contributed by atoms with van der Waals surface area (Å²) in [5, 5.41) is 0. The molecule has 0 aromatic heterocycles. The Morgan fingerprint density at radius 3 is 2.50 bits per heavy atom. The molecular weight excluding hydrogens is 249 g/mol. The van der Waals surface area contributed by atoms with Gasteiger partial charge in [0, 0.05) is 16.3 Å². The molecule has 0 unspecified atom stereocenters. The smallest absolute Gasteiger partial charge is 0.165 e. The molecule has 2 aromatic rings. The molecule has 0 aliphatic heterocycles. The van der Waals surface area contributed by atoms with Crippen LogP contribution in [-0.2, 0) is 5.75 Å². The van der Waals surface area contributed by atoms with Crippen molar-refractivity contribution in [1.29, 1.82) is 0 Å². The van der Waals surface area contributed by atoms with Gasteiger partial charge < -0.3 is 10.5 Å². The minimum atomic E-state index is -0.326. The van der Waals surface area contributed by atoms with E-state index in [2.05, 4.69) is 0 Å². The zero-order valence-corrected chi connectivity index (χ0v) is 10.8. The number of thioether (sulfide) groups is 1. The van der Waals surface area contributed by atoms with E-state index in [0.29, 0.717) is 5.75 Å². The van der Waals surface area contributed by atoms with E-state index >= 15 is 0 Å². The summed E-state index contributed by atoms with van der Waals surface area (Å²) < 4.78 is 18.4. The molecule has 0 saturated heterocycles. The fourth-order valence-electron chi connectivity index (χ4n) is 1.53. The molecule has 0 bridgehead atoms. The lowest BCUT2D eigenvalue weighted by molar-refractivity contribution is 0.386. The number of nitrogen functional groups attached to an aromatic ring is 1. The molecule has 0 radical (unpaired) electrons. The highest BCUT2D eigenvalue weighted by molar-refractivity contribution is 7.98. The predicted octanol–water partition coefficient (Wildman–Crippen LogP) is 3.71. The number of hydrogen-bond donors (Lipinski definition) is 1. The topological polar surface area (TPSA) is 35.2 Å². The molecule has 0 fully saturated rings. The highest BCUT2D eigenvalue weighted by Gasteiger charge is 2.03. The zero-order valence-electron chi connectivity index (χ0n) is 10.0. The molecule has 0 amide bonds. The molecule has 2 N–H and O–H groups in total. The average molecular weight is 263 g/mol. The van der Waals surface area contributed by atoms with E-state index < -0.39 is 0 Å². The normalized spacial score (nSPS) is 10.3. The Morgan fingerprint density at radius 1 is 1.17 bits per heavy atom. The van der Waals surface area contributed by atoms with Crippen LogP contribution >= 0.6 is 11.8 Å². The maximum atomic E-state index is 13.5. The Hall–Kier alpha value is -1.68. The Labute approximate surface area is 110 Å². The number of anilines is 1. The monoisotopic (exact) mass is 263 g/mol. The summed E-state index contributed by atoms with van der Waals surface area (Å²) >= 11 is 1.64. The van der Waals surface area contributed by atoms with Crippen LogP contribution in [0.15, 0.2) is 47.4 Å². The van der Waals surface area contributed by atoms with E-state index in [4.69, 9.17) is 10.5 Å². The molecule has 0 aliphatic carbocycles. The third-order valence-electron chi connectivity index (χ3n) is 2.50. The molecule has 0 aliphatic rings. The molecule has 0 spiro atoms. The van der Waals surface area contributed by atoms with E-state index in [1.54, 1.807) is 17.8 Å². The number of ether oxygens (including phenoxy) is 1. The molecule has 2 aromatic carbocycles. The molecular formula is C14H14FNOS. The van der Waals surface area contributed by atoms with E-state index in [1.807, 2.05) is 30.3 Å². The molecule has 2 nitrogen and oxygen atoms in total. The van der Waals surface area contributed by atoms with Gasteiger partial charge in [0.05, 0.1) is 7.11 Å². The van der Waals surface area contributed by atoms with Gasteiger partial charge in [-0.2, -0.15) is 0 Å². The lowest BCUT2D eigenvalue weighted by atomic mass is 10.2. The number of methoxy groups -OCH3 is 1. The second-order valence-corrected chi connectivity index (χ2v) is 4.88. The molecule has 0 heterocycles. The molecule has 94 valence electrons. The van der Waals surface area contributed by atoms with Crippen molar-refractivity contribution in [2.45, 2.75) is 10.6 Å². The van der Waals surface area contributed by atoms with Gasteiger partial charge in [-0.05, 0) is 42.0 Å². The second kappa shape index (κ2) is 5.78. The van der Waals surface area contributed by atoms with Gasteiger partial charge in [0.2, 0.25) is 0 Å². The van der Waals surface area contributed by atoms with Crippen molar-refractivity contribution < 1.29 is 9.13 Å². The SMILES string of the molecule is COc1ccc(CSc2ccc(N)cc2)cc1F. The summed E-state index contributed by atoms with van der Waals surface area (Å²) in [6.45, 7) is 0. The van der Waals surface area contributed by atoms with Gasteiger partial charge in [-0.25, -0.2) is 4.39 Å². The first kappa shape index (κ1) is 12.8. The van der Waals surface area contributed by atoms with E-state index in [-0.39, 0.29) is 11.6 Å². The Balaban J connectivity index is 2.02. The van der Waals surface area contributed by atoms with Crippen molar-refractivity contribution in [2.24, 2.45) is 0 Å². The van der Waals surface area contributed by atoms with Crippen LogP contribution in [0.4, 0.5) is 10.1 Å². The fourth-order valence-corrected chi connectivity index (χ4v) is 2.37. The van der Waals surface area contributed by atoms with Crippen LogP contribution in [0.3, 0.4) is 0 Å². The van der Waals surface area contributed by atoms with Gasteiger partial charge in [-0.1, -0.05) is 6.07 Å². The van der Waals surface area contributed by atoms with E-state index in [0.717, 1.165) is 16.1 Å². The lowest BCUT2D eigenvalue weighted by Crippen LogP contribution is -1.90. The summed E-state index contributed by atoms with van der Waals surface area (Å²) in [5.41, 5.74) is 7.28. The van der Waals surface area contributed by atoms with E-state index in [1.165, 1.54) is 13.2 Å². The quantitative estimate of drug-likeness (QED) is 0.674. The highest BCUT2D eigenvalue weighted by atomic mass is 32.2. The minimum absolute atomic E-state index is 0.274. The third kappa shape index (κ3) is 3.17. The summed E-state index contributed by atoms with van der Waals surface area (Å²) in [7, 11) is 1.46. The number of halogens is 1. The van der Waals surface area contributed by atoms with Crippen molar-refractivity contribution in [3.63, 3.8) is 0 Å². The maximum Gasteiger partial charge on any atom is 0.165 e. The average Bonchev–Trinajstić information content (AvgIpc) is 2.38. The van der Waals surface area contributed by atoms with Crippen LogP contribution in [0.2, 0.25) is 0 Å². The first-order valence-corrected chi connectivity index (χ1v) is 6.48. The first-order chi connectivity index (χ1) is 8.69. The fraction of sp³-hybridized carbons (Fsp3) is 0.143. The van der Waals surface area contributed by atoms with Gasteiger partial charge in [-0.15, -0.1) is 11.8 Å². The summed E-state index contributed by atoms with van der Waals surface area (Å²) in [5.74, 6) is 0.661. The van der Waals surface area contributed by atoms with Crippen LogP contribution in [0.1, 0.15) is 5.56 Å². The van der Waals surface area contributed by atoms with Crippen LogP contribution in [0, 0.1) is 5.82 Å². The largest absolute Gasteiger partial charge is 0.494 e. The van der Waals surface area contributed by atoms with Crippen molar-refractivity contribution in [3.8, 4) is 5.75 Å². The molecule has 2 rings (SSSR count). The number of rotatable bonds is 4. The van der Waals surface area contributed by atoms with Crippen molar-refractivity contribution >= 4 is 17.4 Å². The van der Waals surface area contributed by atoms with Crippen molar-refractivity contribution in [1.82, 2.24) is 0 Å². The maximum absolute atomic E-state index is 13.5. The van der Waals surface area contributed by atoms with Crippen molar-refractivity contribution in [3.05, 3.63) is 53.8 Å². The summed E-state index contributed by atoms with van der Waals surface area (Å²) in [6.07, 6.45) is 0. The van der Waals surface area contributed by atoms with Gasteiger partial charge in [0.25, 0.3) is 0 Å². The Kier molecular flexibility index (Phi) is 4.10. The van der Waals surface area contributed by atoms with Crippen LogP contribution in [-0.4, -0.2) is 7.11 Å². The highest BCUT2D eigenvalue weighted by Crippen LogP contribution is 2.25. The Bertz CT molecular complexity index is 528. The van der Waals surface area contributed by atoms with E-state index in [9.17, 15) is 4.39 Å². The number of benzene rings is 2. The minimum Gasteiger partial charge on any atom is -0.494 e. The molecule has 0 saturated carbocycles. The van der Waals surface area contributed by atoms with Crippen LogP contribution < -0.4 is 10.5 Å². The van der Waals surface area contributed by atoms with Crippen LogP contribution in [0.25, 0.3) is 0 Å². The first-order valence-electron chi connectivity index (χ1n) is 5.50. The predicted molar refractivity (Wildman–Crippen MR) is 73.4 cm³/mol. The standard InChI is InChI=1S/C14H14FNOS/c1-17-14-7-2-10(8-13(14)15)9-18-12-5-3-11(16)4-6-12/h2-8H,9,16H2,1H3. The van der Waals surface area contributed by atoms with Gasteiger partial charge in [-0.3, -0.25) is 0 Å². The molecule has 0 atom stereocenters. The molecule has 18 heavy (non-hydrogen) atoms. The van der Waals surface area contributed by atoms with Gasteiger partial charge in [0.15, 0.2) is 11.6 Å². The van der Waals surface area contributed by atoms with Crippen LogP contribution in [0.5, 0.6) is 5.75 Å².